The normalized spacial score (nSPS) is 17.0. The zero-order chi connectivity index (χ0) is 17.4. The molecule has 0 radical (unpaired) electrons. The minimum atomic E-state index is 0.000366. The lowest BCUT2D eigenvalue weighted by Crippen LogP contribution is -2.44. The van der Waals surface area contributed by atoms with Gasteiger partial charge in [-0.15, -0.1) is 0 Å². The van der Waals surface area contributed by atoms with Crippen LogP contribution in [0.15, 0.2) is 17.1 Å². The van der Waals surface area contributed by atoms with Crippen LogP contribution >= 0.6 is 0 Å². The molecule has 2 aromatic heterocycles. The Hall–Kier alpha value is -2.31. The molecule has 1 saturated carbocycles. The molecule has 134 valence electrons. The third-order valence-electron chi connectivity index (χ3n) is 4.89. The van der Waals surface area contributed by atoms with Crippen molar-refractivity contribution >= 4 is 6.03 Å². The summed E-state index contributed by atoms with van der Waals surface area (Å²) in [4.78, 5) is 18.6. The monoisotopic (exact) mass is 343 g/mol. The van der Waals surface area contributed by atoms with E-state index >= 15 is 0 Å². The number of aromatic nitrogens is 3. The van der Waals surface area contributed by atoms with Crippen molar-refractivity contribution in [1.82, 2.24) is 25.0 Å². The third kappa shape index (κ3) is 3.41. The molecular formula is C18H25N5O2. The van der Waals surface area contributed by atoms with E-state index in [-0.39, 0.29) is 6.03 Å². The Labute approximate surface area is 147 Å². The van der Waals surface area contributed by atoms with Crippen molar-refractivity contribution in [2.45, 2.75) is 46.2 Å². The molecule has 25 heavy (non-hydrogen) atoms. The highest BCUT2D eigenvalue weighted by atomic mass is 16.3. The van der Waals surface area contributed by atoms with Crippen LogP contribution in [0.2, 0.25) is 0 Å². The first-order valence-electron chi connectivity index (χ1n) is 9.11. The fraction of sp³-hybridized carbons (Fsp3) is 0.611. The Bertz CT molecular complexity index is 746. The number of fused-ring (bicyclic) bond motifs is 1. The van der Waals surface area contributed by atoms with Crippen molar-refractivity contribution in [3.8, 4) is 11.4 Å². The van der Waals surface area contributed by atoms with Crippen molar-refractivity contribution in [2.75, 3.05) is 13.1 Å². The molecule has 2 amide bonds. The van der Waals surface area contributed by atoms with Crippen LogP contribution in [0, 0.1) is 11.8 Å². The lowest BCUT2D eigenvalue weighted by atomic mass is 10.0. The Morgan fingerprint density at radius 2 is 2.28 bits per heavy atom. The van der Waals surface area contributed by atoms with Crippen LogP contribution in [0.4, 0.5) is 4.79 Å². The van der Waals surface area contributed by atoms with E-state index in [2.05, 4.69) is 28.8 Å². The average Bonchev–Trinajstić information content (AvgIpc) is 3.12. The summed E-state index contributed by atoms with van der Waals surface area (Å²) in [7, 11) is 0. The van der Waals surface area contributed by atoms with Crippen LogP contribution in [0.1, 0.15) is 37.9 Å². The van der Waals surface area contributed by atoms with E-state index in [0.717, 1.165) is 42.4 Å². The Kier molecular flexibility index (Phi) is 4.23. The van der Waals surface area contributed by atoms with Crippen LogP contribution in [-0.2, 0) is 19.5 Å². The number of nitrogens with zero attached hydrogens (tertiary/aromatic N) is 4. The zero-order valence-corrected chi connectivity index (χ0v) is 14.9. The molecule has 1 N–H and O–H groups in total. The molecule has 1 aliphatic carbocycles. The van der Waals surface area contributed by atoms with E-state index in [9.17, 15) is 4.79 Å². The summed E-state index contributed by atoms with van der Waals surface area (Å²) in [5.74, 6) is 1.19. The molecule has 0 saturated heterocycles. The van der Waals surface area contributed by atoms with Gasteiger partial charge < -0.3 is 14.6 Å². The summed E-state index contributed by atoms with van der Waals surface area (Å²) < 4.78 is 7.29. The molecule has 3 heterocycles. The SMILES string of the molecule is CC(C)CNC(=O)N1CCc2c(c(-c3cocn3)nn2CC2CC2)C1. The minimum Gasteiger partial charge on any atom is -0.451 e. The number of nitrogens with one attached hydrogen (secondary N) is 1. The van der Waals surface area contributed by atoms with Crippen molar-refractivity contribution in [3.05, 3.63) is 23.9 Å². The summed E-state index contributed by atoms with van der Waals surface area (Å²) in [5.41, 5.74) is 3.96. The highest BCUT2D eigenvalue weighted by Gasteiger charge is 2.31. The van der Waals surface area contributed by atoms with E-state index in [1.807, 2.05) is 4.90 Å². The first-order chi connectivity index (χ1) is 12.1. The fourth-order valence-corrected chi connectivity index (χ4v) is 3.30. The van der Waals surface area contributed by atoms with Crippen molar-refractivity contribution in [2.24, 2.45) is 11.8 Å². The third-order valence-corrected chi connectivity index (χ3v) is 4.89. The Morgan fingerprint density at radius 1 is 1.44 bits per heavy atom. The van der Waals surface area contributed by atoms with Gasteiger partial charge in [-0.2, -0.15) is 5.10 Å². The van der Waals surface area contributed by atoms with E-state index in [0.29, 0.717) is 19.0 Å². The molecule has 2 aliphatic rings. The number of oxazole rings is 1. The lowest BCUT2D eigenvalue weighted by molar-refractivity contribution is 0.190. The molecule has 2 aromatic rings. The van der Waals surface area contributed by atoms with Crippen LogP contribution in [0.5, 0.6) is 0 Å². The maximum absolute atomic E-state index is 12.5. The molecular weight excluding hydrogens is 318 g/mol. The van der Waals surface area contributed by atoms with Crippen molar-refractivity contribution in [3.63, 3.8) is 0 Å². The second kappa shape index (κ2) is 6.54. The molecule has 1 aliphatic heterocycles. The molecule has 0 unspecified atom stereocenters. The van der Waals surface area contributed by atoms with Gasteiger partial charge in [-0.05, 0) is 24.7 Å². The average molecular weight is 343 g/mol. The van der Waals surface area contributed by atoms with E-state index < -0.39 is 0 Å². The Balaban J connectivity index is 1.59. The smallest absolute Gasteiger partial charge is 0.317 e. The molecule has 1 fully saturated rings. The summed E-state index contributed by atoms with van der Waals surface area (Å²) in [6.45, 7) is 7.16. The number of urea groups is 1. The fourth-order valence-electron chi connectivity index (χ4n) is 3.30. The Morgan fingerprint density at radius 3 is 2.96 bits per heavy atom. The van der Waals surface area contributed by atoms with Crippen LogP contribution in [0.3, 0.4) is 0 Å². The largest absolute Gasteiger partial charge is 0.451 e. The van der Waals surface area contributed by atoms with E-state index in [1.165, 1.54) is 24.9 Å². The highest BCUT2D eigenvalue weighted by molar-refractivity contribution is 5.75. The summed E-state index contributed by atoms with van der Waals surface area (Å²) >= 11 is 0. The van der Waals surface area contributed by atoms with Gasteiger partial charge in [0, 0.05) is 37.3 Å². The molecule has 0 bridgehead atoms. The maximum atomic E-state index is 12.5. The first-order valence-corrected chi connectivity index (χ1v) is 9.11. The standard InChI is InChI=1S/C18H25N5O2/c1-12(2)7-19-18(24)22-6-5-16-14(9-22)17(15-10-25-11-20-15)21-23(16)8-13-3-4-13/h10-13H,3-9H2,1-2H3,(H,19,24). The van der Waals surface area contributed by atoms with Crippen LogP contribution in [-0.4, -0.2) is 38.8 Å². The minimum absolute atomic E-state index is 0.000366. The first kappa shape index (κ1) is 16.2. The number of carbonyl (C=O) groups is 1. The number of hydrogen-bond donors (Lipinski definition) is 1. The quantitative estimate of drug-likeness (QED) is 0.905. The summed E-state index contributed by atoms with van der Waals surface area (Å²) in [6, 6.07) is 0.000366. The van der Waals surface area contributed by atoms with Gasteiger partial charge in [0.1, 0.15) is 17.7 Å². The predicted molar refractivity (Wildman–Crippen MR) is 92.8 cm³/mol. The van der Waals surface area contributed by atoms with Crippen LogP contribution in [0.25, 0.3) is 11.4 Å². The van der Waals surface area contributed by atoms with Gasteiger partial charge in [0.25, 0.3) is 0 Å². The molecule has 0 atom stereocenters. The van der Waals surface area contributed by atoms with Gasteiger partial charge in [0.15, 0.2) is 6.39 Å². The number of amides is 2. The highest BCUT2D eigenvalue weighted by Crippen LogP contribution is 2.34. The number of hydrogen-bond acceptors (Lipinski definition) is 4. The molecule has 7 heteroatoms. The zero-order valence-electron chi connectivity index (χ0n) is 14.9. The lowest BCUT2D eigenvalue weighted by Gasteiger charge is -2.28. The molecule has 7 nitrogen and oxygen atoms in total. The van der Waals surface area contributed by atoms with E-state index in [4.69, 9.17) is 9.52 Å². The topological polar surface area (TPSA) is 76.2 Å². The molecule has 4 rings (SSSR count). The van der Waals surface area contributed by atoms with Gasteiger partial charge in [-0.3, -0.25) is 4.68 Å². The number of rotatable bonds is 5. The predicted octanol–water partition coefficient (Wildman–Crippen LogP) is 2.67. The maximum Gasteiger partial charge on any atom is 0.317 e. The van der Waals surface area contributed by atoms with Gasteiger partial charge in [-0.25, -0.2) is 9.78 Å². The van der Waals surface area contributed by atoms with E-state index in [1.54, 1.807) is 6.26 Å². The van der Waals surface area contributed by atoms with Crippen molar-refractivity contribution in [1.29, 1.82) is 0 Å². The second-order valence-electron chi connectivity index (χ2n) is 7.52. The molecule has 0 spiro atoms. The second-order valence-corrected chi connectivity index (χ2v) is 7.52. The summed E-state index contributed by atoms with van der Waals surface area (Å²) in [5, 5.41) is 7.83. The van der Waals surface area contributed by atoms with Gasteiger partial charge in [-0.1, -0.05) is 13.8 Å². The summed E-state index contributed by atoms with van der Waals surface area (Å²) in [6.07, 6.45) is 6.47. The van der Waals surface area contributed by atoms with Gasteiger partial charge in [0.05, 0.1) is 6.54 Å². The van der Waals surface area contributed by atoms with Crippen molar-refractivity contribution < 1.29 is 9.21 Å². The van der Waals surface area contributed by atoms with Crippen LogP contribution < -0.4 is 5.32 Å². The molecule has 0 aromatic carbocycles. The number of carbonyl (C=O) groups excluding carboxylic acids is 1. The van der Waals surface area contributed by atoms with Gasteiger partial charge >= 0.3 is 6.03 Å². The van der Waals surface area contributed by atoms with Gasteiger partial charge in [0.2, 0.25) is 0 Å².